The number of hydrogen-bond acceptors (Lipinski definition) is 0. The van der Waals surface area contributed by atoms with E-state index < -0.39 is 0 Å². The van der Waals surface area contributed by atoms with Gasteiger partial charge in [-0.05, 0) is 48.8 Å². The second kappa shape index (κ2) is 5.34. The van der Waals surface area contributed by atoms with Crippen molar-refractivity contribution in [1.29, 1.82) is 0 Å². The zero-order valence-corrected chi connectivity index (χ0v) is 9.89. The maximum atomic E-state index is 2.45. The van der Waals surface area contributed by atoms with E-state index in [-0.39, 0.29) is 0 Å². The van der Waals surface area contributed by atoms with Crippen LogP contribution in [0, 0.1) is 0 Å². The van der Waals surface area contributed by atoms with Gasteiger partial charge in [-0.2, -0.15) is 0 Å². The van der Waals surface area contributed by atoms with E-state index in [0.717, 1.165) is 0 Å². The molecule has 0 aliphatic heterocycles. The highest BCUT2D eigenvalue weighted by molar-refractivity contribution is 5.35. The van der Waals surface area contributed by atoms with Crippen LogP contribution in [0.4, 0.5) is 0 Å². The molecule has 1 aliphatic rings. The molecule has 0 spiro atoms. The van der Waals surface area contributed by atoms with Gasteiger partial charge >= 0.3 is 0 Å². The number of rotatable bonds is 5. The van der Waals surface area contributed by atoms with Crippen LogP contribution in [0.15, 0.2) is 18.2 Å². The van der Waals surface area contributed by atoms with E-state index in [1.165, 1.54) is 51.4 Å². The first-order valence-corrected chi connectivity index (χ1v) is 6.51. The van der Waals surface area contributed by atoms with E-state index in [0.29, 0.717) is 0 Å². The Labute approximate surface area is 93.7 Å². The summed E-state index contributed by atoms with van der Waals surface area (Å²) in [5.41, 5.74) is 4.79. The Morgan fingerprint density at radius 1 is 1.00 bits per heavy atom. The van der Waals surface area contributed by atoms with Crippen LogP contribution in [-0.4, -0.2) is 0 Å². The quantitative estimate of drug-likeness (QED) is 0.624. The first-order valence-electron chi connectivity index (χ1n) is 6.51. The van der Waals surface area contributed by atoms with Crippen LogP contribution in [0.1, 0.15) is 55.7 Å². The average Bonchev–Trinajstić information content (AvgIpc) is 2.71. The molecular formula is C15H22. The second-order valence-corrected chi connectivity index (χ2v) is 4.77. The first kappa shape index (κ1) is 10.7. The Balaban J connectivity index is 1.87. The molecule has 0 radical (unpaired) electrons. The van der Waals surface area contributed by atoms with Crippen LogP contribution < -0.4 is 0 Å². The SMILES string of the molecule is CCCCCCc1ccc2c(c1)CCC2. The molecule has 2 rings (SSSR count). The van der Waals surface area contributed by atoms with Gasteiger partial charge in [0.05, 0.1) is 0 Å². The van der Waals surface area contributed by atoms with Gasteiger partial charge in [0, 0.05) is 0 Å². The summed E-state index contributed by atoms with van der Waals surface area (Å²) in [4.78, 5) is 0. The third kappa shape index (κ3) is 2.84. The smallest absolute Gasteiger partial charge is 0.0273 e. The molecule has 82 valence electrons. The Morgan fingerprint density at radius 2 is 1.87 bits per heavy atom. The van der Waals surface area contributed by atoms with Gasteiger partial charge in [-0.25, -0.2) is 0 Å². The first-order chi connectivity index (χ1) is 7.40. The van der Waals surface area contributed by atoms with Crippen molar-refractivity contribution in [3.63, 3.8) is 0 Å². The molecule has 0 fully saturated rings. The van der Waals surface area contributed by atoms with Crippen molar-refractivity contribution >= 4 is 0 Å². The minimum Gasteiger partial charge on any atom is -0.0654 e. The van der Waals surface area contributed by atoms with Crippen molar-refractivity contribution in [1.82, 2.24) is 0 Å². The maximum Gasteiger partial charge on any atom is -0.0273 e. The van der Waals surface area contributed by atoms with Gasteiger partial charge in [0.2, 0.25) is 0 Å². The molecule has 1 aliphatic carbocycles. The molecule has 0 atom stereocenters. The van der Waals surface area contributed by atoms with E-state index in [1.54, 1.807) is 16.7 Å². The summed E-state index contributed by atoms with van der Waals surface area (Å²) in [7, 11) is 0. The van der Waals surface area contributed by atoms with E-state index in [9.17, 15) is 0 Å². The van der Waals surface area contributed by atoms with E-state index in [1.807, 2.05) is 0 Å². The maximum absolute atomic E-state index is 2.45. The highest BCUT2D eigenvalue weighted by Gasteiger charge is 2.10. The summed E-state index contributed by atoms with van der Waals surface area (Å²) in [6.07, 6.45) is 10.8. The molecule has 0 heteroatoms. The molecule has 0 N–H and O–H groups in total. The van der Waals surface area contributed by atoms with Crippen LogP contribution in [0.25, 0.3) is 0 Å². The lowest BCUT2D eigenvalue weighted by Crippen LogP contribution is -1.89. The third-order valence-corrected chi connectivity index (χ3v) is 3.48. The van der Waals surface area contributed by atoms with Crippen molar-refractivity contribution in [3.8, 4) is 0 Å². The van der Waals surface area contributed by atoms with Gasteiger partial charge in [-0.1, -0.05) is 44.4 Å². The largest absolute Gasteiger partial charge is 0.0654 e. The Kier molecular flexibility index (Phi) is 3.82. The Hall–Kier alpha value is -0.780. The summed E-state index contributed by atoms with van der Waals surface area (Å²) in [5.74, 6) is 0. The third-order valence-electron chi connectivity index (χ3n) is 3.48. The highest BCUT2D eigenvalue weighted by Crippen LogP contribution is 2.23. The lowest BCUT2D eigenvalue weighted by Gasteiger charge is -2.04. The Bertz CT molecular complexity index is 312. The molecule has 0 bridgehead atoms. The zero-order valence-electron chi connectivity index (χ0n) is 9.89. The van der Waals surface area contributed by atoms with Crippen molar-refractivity contribution in [3.05, 3.63) is 34.9 Å². The van der Waals surface area contributed by atoms with Crippen molar-refractivity contribution in [2.75, 3.05) is 0 Å². The fraction of sp³-hybridized carbons (Fsp3) is 0.600. The normalized spacial score (nSPS) is 14.2. The van der Waals surface area contributed by atoms with Crippen LogP contribution in [0.3, 0.4) is 0 Å². The van der Waals surface area contributed by atoms with E-state index in [4.69, 9.17) is 0 Å². The summed E-state index contributed by atoms with van der Waals surface area (Å²) < 4.78 is 0. The number of fused-ring (bicyclic) bond motifs is 1. The fourth-order valence-electron chi connectivity index (χ4n) is 2.54. The monoisotopic (exact) mass is 202 g/mol. The molecule has 0 saturated carbocycles. The van der Waals surface area contributed by atoms with Gasteiger partial charge < -0.3 is 0 Å². The summed E-state index contributed by atoms with van der Waals surface area (Å²) in [5, 5.41) is 0. The molecule has 1 aromatic carbocycles. The molecule has 0 heterocycles. The molecule has 0 aromatic heterocycles. The van der Waals surface area contributed by atoms with Gasteiger partial charge in [-0.15, -0.1) is 0 Å². The van der Waals surface area contributed by atoms with Gasteiger partial charge in [-0.3, -0.25) is 0 Å². The molecule has 1 aromatic rings. The molecule has 0 nitrogen and oxygen atoms in total. The summed E-state index contributed by atoms with van der Waals surface area (Å²) in [6, 6.07) is 7.15. The predicted octanol–water partition coefficient (Wildman–Crippen LogP) is 4.30. The van der Waals surface area contributed by atoms with Crippen LogP contribution in [0.2, 0.25) is 0 Å². The van der Waals surface area contributed by atoms with Gasteiger partial charge in [0.15, 0.2) is 0 Å². The predicted molar refractivity (Wildman–Crippen MR) is 66.3 cm³/mol. The van der Waals surface area contributed by atoms with Crippen LogP contribution >= 0.6 is 0 Å². The summed E-state index contributed by atoms with van der Waals surface area (Å²) >= 11 is 0. The topological polar surface area (TPSA) is 0 Å². The van der Waals surface area contributed by atoms with Gasteiger partial charge in [0.1, 0.15) is 0 Å². The number of hydrogen-bond donors (Lipinski definition) is 0. The molecule has 0 saturated heterocycles. The standard InChI is InChI=1S/C15H22/c1-2-3-4-5-7-13-10-11-14-8-6-9-15(14)12-13/h10-12H,2-9H2,1H3. The number of aryl methyl sites for hydroxylation is 3. The minimum atomic E-state index is 1.28. The van der Waals surface area contributed by atoms with Crippen LogP contribution in [-0.2, 0) is 19.3 Å². The zero-order chi connectivity index (χ0) is 10.5. The number of unbranched alkanes of at least 4 members (excludes halogenated alkanes) is 3. The lowest BCUT2D eigenvalue weighted by atomic mass is 10.0. The molecule has 0 amide bonds. The van der Waals surface area contributed by atoms with Crippen molar-refractivity contribution < 1.29 is 0 Å². The van der Waals surface area contributed by atoms with E-state index >= 15 is 0 Å². The molecule has 15 heavy (non-hydrogen) atoms. The Morgan fingerprint density at radius 3 is 2.73 bits per heavy atom. The molecule has 0 unspecified atom stereocenters. The highest BCUT2D eigenvalue weighted by atomic mass is 14.1. The van der Waals surface area contributed by atoms with Crippen molar-refractivity contribution in [2.24, 2.45) is 0 Å². The van der Waals surface area contributed by atoms with E-state index in [2.05, 4.69) is 25.1 Å². The fourth-order valence-corrected chi connectivity index (χ4v) is 2.54. The molecular weight excluding hydrogens is 180 g/mol. The average molecular weight is 202 g/mol. The van der Waals surface area contributed by atoms with Crippen molar-refractivity contribution in [2.45, 2.75) is 58.3 Å². The second-order valence-electron chi connectivity index (χ2n) is 4.77. The summed E-state index contributed by atoms with van der Waals surface area (Å²) in [6.45, 7) is 2.27. The number of benzene rings is 1. The lowest BCUT2D eigenvalue weighted by molar-refractivity contribution is 0.666. The van der Waals surface area contributed by atoms with Crippen LogP contribution in [0.5, 0.6) is 0 Å². The van der Waals surface area contributed by atoms with Gasteiger partial charge in [0.25, 0.3) is 0 Å². The minimum absolute atomic E-state index is 1.28.